The first-order chi connectivity index (χ1) is 13.0. The van der Waals surface area contributed by atoms with Crippen LogP contribution in [0.5, 0.6) is 0 Å². The first-order valence-electron chi connectivity index (χ1n) is 9.01. The van der Waals surface area contributed by atoms with Crippen LogP contribution in [0.1, 0.15) is 26.5 Å². The van der Waals surface area contributed by atoms with E-state index in [9.17, 15) is 14.3 Å². The molecule has 0 saturated heterocycles. The predicted octanol–water partition coefficient (Wildman–Crippen LogP) is 2.66. The molecule has 2 rings (SSSR count). The van der Waals surface area contributed by atoms with Gasteiger partial charge in [0.2, 0.25) is 5.91 Å². The molecule has 3 N–H and O–H groups in total. The Morgan fingerprint density at radius 1 is 1.15 bits per heavy atom. The van der Waals surface area contributed by atoms with E-state index in [0.29, 0.717) is 6.54 Å². The maximum Gasteiger partial charge on any atom is 0.239 e. The van der Waals surface area contributed by atoms with E-state index >= 15 is 0 Å². The first-order valence-corrected chi connectivity index (χ1v) is 9.01. The molecule has 0 fully saturated rings. The lowest BCUT2D eigenvalue weighted by atomic mass is 10.0. The zero-order chi connectivity index (χ0) is 19.6. The highest BCUT2D eigenvalue weighted by Gasteiger charge is 2.19. The molecule has 0 radical (unpaired) electrons. The third kappa shape index (κ3) is 7.46. The second-order valence-corrected chi connectivity index (χ2v) is 6.51. The van der Waals surface area contributed by atoms with Crippen LogP contribution in [0.3, 0.4) is 0 Å². The second kappa shape index (κ2) is 10.8. The monoisotopic (exact) mass is 378 g/mol. The number of amides is 1. The molecule has 0 heterocycles. The first kappa shape index (κ1) is 21.0. The van der Waals surface area contributed by atoms with Crippen molar-refractivity contribution in [2.45, 2.75) is 38.6 Å². The van der Waals surface area contributed by atoms with E-state index in [4.69, 9.17) is 4.74 Å². The fourth-order valence-electron chi connectivity index (χ4n) is 2.77. The third-order valence-electron chi connectivity index (χ3n) is 4.17. The molecule has 0 spiro atoms. The van der Waals surface area contributed by atoms with E-state index in [0.717, 1.165) is 29.5 Å². The molecule has 1 amide bonds. The number of benzene rings is 2. The van der Waals surface area contributed by atoms with Crippen molar-refractivity contribution in [3.05, 3.63) is 71.0 Å². The van der Waals surface area contributed by atoms with Crippen LogP contribution in [-0.4, -0.2) is 37.0 Å². The average Bonchev–Trinajstić information content (AvgIpc) is 2.64. The topological polar surface area (TPSA) is 70.6 Å². The van der Waals surface area contributed by atoms with Crippen molar-refractivity contribution in [1.82, 2.24) is 10.6 Å². The van der Waals surface area contributed by atoms with Gasteiger partial charge in [-0.15, -0.1) is 0 Å². The SMILES string of the molecule is COC[C@@H](NC(C)O)C(=O)NCc1ccc(CCc2cccc(F)c2)cc1.[HH].[HH]. The zero-order valence-corrected chi connectivity index (χ0v) is 15.7. The Balaban J connectivity index is 0.00000392. The minimum atomic E-state index is -0.798. The maximum atomic E-state index is 13.2. The molecule has 0 bridgehead atoms. The van der Waals surface area contributed by atoms with Gasteiger partial charge >= 0.3 is 0 Å². The number of aryl methyl sites for hydroxylation is 2. The Hall–Kier alpha value is -2.28. The van der Waals surface area contributed by atoms with Gasteiger partial charge in [-0.2, -0.15) is 0 Å². The van der Waals surface area contributed by atoms with Gasteiger partial charge in [-0.3, -0.25) is 10.1 Å². The summed E-state index contributed by atoms with van der Waals surface area (Å²) in [6.07, 6.45) is 0.801. The molecule has 6 heteroatoms. The molecule has 5 nitrogen and oxygen atoms in total. The van der Waals surface area contributed by atoms with Crippen LogP contribution in [0, 0.1) is 5.82 Å². The largest absolute Gasteiger partial charge is 0.383 e. The summed E-state index contributed by atoms with van der Waals surface area (Å²) >= 11 is 0. The molecule has 2 aromatic carbocycles. The smallest absolute Gasteiger partial charge is 0.239 e. The highest BCUT2D eigenvalue weighted by Crippen LogP contribution is 2.10. The number of aliphatic hydroxyl groups is 1. The van der Waals surface area contributed by atoms with Gasteiger partial charge in [0.25, 0.3) is 0 Å². The number of ether oxygens (including phenoxy) is 1. The summed E-state index contributed by atoms with van der Waals surface area (Å²) in [5.74, 6) is -0.441. The molecule has 2 atom stereocenters. The normalized spacial score (nSPS) is 13.2. The van der Waals surface area contributed by atoms with E-state index in [1.165, 1.54) is 13.2 Å². The summed E-state index contributed by atoms with van der Waals surface area (Å²) < 4.78 is 18.2. The van der Waals surface area contributed by atoms with Crippen molar-refractivity contribution in [2.75, 3.05) is 13.7 Å². The summed E-state index contributed by atoms with van der Waals surface area (Å²) in [4.78, 5) is 12.2. The number of carbonyl (C=O) groups is 1. The van der Waals surface area contributed by atoms with Crippen LogP contribution in [0.25, 0.3) is 0 Å². The average molecular weight is 378 g/mol. The van der Waals surface area contributed by atoms with Gasteiger partial charge in [0.15, 0.2) is 0 Å². The fraction of sp³-hybridized carbons (Fsp3) is 0.381. The lowest BCUT2D eigenvalue weighted by molar-refractivity contribution is -0.125. The van der Waals surface area contributed by atoms with Crippen LogP contribution < -0.4 is 10.6 Å². The number of hydrogen-bond donors (Lipinski definition) is 3. The van der Waals surface area contributed by atoms with Crippen molar-refractivity contribution < 1.29 is 21.9 Å². The maximum absolute atomic E-state index is 13.2. The summed E-state index contributed by atoms with van der Waals surface area (Å²) in [6.45, 7) is 2.12. The predicted molar refractivity (Wildman–Crippen MR) is 107 cm³/mol. The summed E-state index contributed by atoms with van der Waals surface area (Å²) in [6, 6.07) is 14.0. The molecule has 2 aromatic rings. The highest BCUT2D eigenvalue weighted by molar-refractivity contribution is 5.81. The van der Waals surface area contributed by atoms with Crippen molar-refractivity contribution in [3.8, 4) is 0 Å². The Morgan fingerprint density at radius 3 is 2.44 bits per heavy atom. The number of nitrogens with one attached hydrogen (secondary N) is 2. The van der Waals surface area contributed by atoms with Crippen LogP contribution in [-0.2, 0) is 28.9 Å². The number of carbonyl (C=O) groups excluding carboxylic acids is 1. The molecular formula is C21H31FN2O3. The molecular weight excluding hydrogens is 347 g/mol. The standard InChI is InChI=1S/C21H27FN2O3.2H2/c1-15(25)24-20(14-27-2)21(26)23-13-18-10-7-16(8-11-18)6-9-17-4-3-5-19(22)12-17;;/h3-5,7-8,10-12,15,20,24-25H,6,9,13-14H2,1-2H3,(H,23,26);2*1H/t15?,20-;;/m1../s1. The zero-order valence-electron chi connectivity index (χ0n) is 15.7. The van der Waals surface area contributed by atoms with Crippen molar-refractivity contribution in [2.24, 2.45) is 0 Å². The van der Waals surface area contributed by atoms with Crippen LogP contribution in [0.2, 0.25) is 0 Å². The molecule has 0 aromatic heterocycles. The van der Waals surface area contributed by atoms with Crippen molar-refractivity contribution >= 4 is 5.91 Å². The Morgan fingerprint density at radius 2 is 1.81 bits per heavy atom. The van der Waals surface area contributed by atoms with Crippen LogP contribution >= 0.6 is 0 Å². The molecule has 1 unspecified atom stereocenters. The van der Waals surface area contributed by atoms with Gasteiger partial charge in [0.1, 0.15) is 18.1 Å². The van der Waals surface area contributed by atoms with E-state index in [1.54, 1.807) is 19.1 Å². The van der Waals surface area contributed by atoms with E-state index in [-0.39, 0.29) is 21.2 Å². The third-order valence-corrected chi connectivity index (χ3v) is 4.17. The summed E-state index contributed by atoms with van der Waals surface area (Å²) in [7, 11) is 1.51. The van der Waals surface area contributed by atoms with Gasteiger partial charge in [-0.25, -0.2) is 4.39 Å². The van der Waals surface area contributed by atoms with Gasteiger partial charge in [0.05, 0.1) is 6.61 Å². The number of halogens is 1. The van der Waals surface area contributed by atoms with Crippen molar-refractivity contribution in [3.63, 3.8) is 0 Å². The van der Waals surface area contributed by atoms with Gasteiger partial charge in [0, 0.05) is 16.5 Å². The second-order valence-electron chi connectivity index (χ2n) is 6.51. The molecule has 150 valence electrons. The number of hydrogen-bond acceptors (Lipinski definition) is 4. The Bertz CT molecular complexity index is 730. The summed E-state index contributed by atoms with van der Waals surface area (Å²) in [5.41, 5.74) is 3.11. The Labute approximate surface area is 162 Å². The number of rotatable bonds is 10. The quantitative estimate of drug-likeness (QED) is 0.556. The van der Waals surface area contributed by atoms with E-state index in [2.05, 4.69) is 10.6 Å². The number of methoxy groups -OCH3 is 1. The fourth-order valence-corrected chi connectivity index (χ4v) is 2.77. The van der Waals surface area contributed by atoms with Crippen LogP contribution in [0.4, 0.5) is 4.39 Å². The lowest BCUT2D eigenvalue weighted by Gasteiger charge is -2.19. The highest BCUT2D eigenvalue weighted by atomic mass is 19.1. The molecule has 27 heavy (non-hydrogen) atoms. The van der Waals surface area contributed by atoms with Gasteiger partial charge in [-0.05, 0) is 48.6 Å². The number of aliphatic hydroxyl groups excluding tert-OH is 1. The van der Waals surface area contributed by atoms with E-state index < -0.39 is 12.3 Å². The van der Waals surface area contributed by atoms with Gasteiger partial charge < -0.3 is 15.2 Å². The van der Waals surface area contributed by atoms with Crippen LogP contribution in [0.15, 0.2) is 48.5 Å². The van der Waals surface area contributed by atoms with Crippen molar-refractivity contribution in [1.29, 1.82) is 0 Å². The molecule has 0 saturated carbocycles. The summed E-state index contributed by atoms with van der Waals surface area (Å²) in [5, 5.41) is 15.0. The lowest BCUT2D eigenvalue weighted by Crippen LogP contribution is -2.49. The molecule has 0 aliphatic rings. The minimum absolute atomic E-state index is 0. The minimum Gasteiger partial charge on any atom is -0.383 e. The molecule has 0 aliphatic carbocycles. The van der Waals surface area contributed by atoms with E-state index in [1.807, 2.05) is 30.3 Å². The Kier molecular flexibility index (Phi) is 8.39. The molecule has 0 aliphatic heterocycles. The van der Waals surface area contributed by atoms with Gasteiger partial charge in [-0.1, -0.05) is 36.4 Å².